The van der Waals surface area contributed by atoms with E-state index >= 15 is 0 Å². The number of anilines is 3. The van der Waals surface area contributed by atoms with Gasteiger partial charge in [-0.05, 0) is 43.7 Å². The van der Waals surface area contributed by atoms with Crippen LogP contribution in [0.15, 0.2) is 48.5 Å². The summed E-state index contributed by atoms with van der Waals surface area (Å²) in [5.74, 6) is 0. The Morgan fingerprint density at radius 2 is 1.75 bits per heavy atom. The smallest absolute Gasteiger partial charge is 0.0776 e. The molecule has 0 aliphatic carbocycles. The quantitative estimate of drug-likeness (QED) is 0.682. The number of aromatic nitrogens is 1. The number of pyridine rings is 1. The summed E-state index contributed by atoms with van der Waals surface area (Å²) in [5.41, 5.74) is 12.0. The van der Waals surface area contributed by atoms with Crippen molar-refractivity contribution < 1.29 is 0 Å². The second-order valence-corrected chi connectivity index (χ2v) is 5.00. The average molecular weight is 263 g/mol. The van der Waals surface area contributed by atoms with E-state index in [2.05, 4.69) is 17.2 Å². The van der Waals surface area contributed by atoms with Crippen LogP contribution in [0.4, 0.5) is 17.1 Å². The second kappa shape index (κ2) is 4.85. The van der Waals surface area contributed by atoms with E-state index in [1.54, 1.807) is 0 Å². The lowest BCUT2D eigenvalue weighted by molar-refractivity contribution is 1.24. The van der Waals surface area contributed by atoms with Crippen molar-refractivity contribution in [3.05, 3.63) is 59.8 Å². The van der Waals surface area contributed by atoms with Crippen molar-refractivity contribution in [1.82, 2.24) is 4.98 Å². The molecule has 3 heteroatoms. The first-order valence-corrected chi connectivity index (χ1v) is 6.63. The summed E-state index contributed by atoms with van der Waals surface area (Å²) < 4.78 is 0. The summed E-state index contributed by atoms with van der Waals surface area (Å²) in [6.45, 7) is 4.05. The third-order valence-electron chi connectivity index (χ3n) is 3.38. The van der Waals surface area contributed by atoms with Crippen molar-refractivity contribution in [1.29, 1.82) is 0 Å². The van der Waals surface area contributed by atoms with Crippen molar-refractivity contribution in [3.63, 3.8) is 0 Å². The number of para-hydroxylation sites is 1. The van der Waals surface area contributed by atoms with Crippen molar-refractivity contribution in [2.45, 2.75) is 13.8 Å². The van der Waals surface area contributed by atoms with E-state index in [0.717, 1.165) is 39.2 Å². The molecule has 0 aliphatic rings. The number of hydrogen-bond acceptors (Lipinski definition) is 3. The Morgan fingerprint density at radius 3 is 2.50 bits per heavy atom. The molecule has 0 radical (unpaired) electrons. The van der Waals surface area contributed by atoms with E-state index in [1.165, 1.54) is 0 Å². The maximum absolute atomic E-state index is 6.15. The van der Waals surface area contributed by atoms with E-state index in [4.69, 9.17) is 5.73 Å². The van der Waals surface area contributed by atoms with Crippen LogP contribution < -0.4 is 11.1 Å². The SMILES string of the molecule is Cc1cc(Nc2ccccc2)c2c(N)ccc(C)c2n1. The Labute approximate surface area is 118 Å². The minimum Gasteiger partial charge on any atom is -0.398 e. The summed E-state index contributed by atoms with van der Waals surface area (Å²) in [6, 6.07) is 16.1. The summed E-state index contributed by atoms with van der Waals surface area (Å²) >= 11 is 0. The second-order valence-electron chi connectivity index (χ2n) is 5.00. The molecule has 20 heavy (non-hydrogen) atoms. The summed E-state index contributed by atoms with van der Waals surface area (Å²) in [6.07, 6.45) is 0. The molecule has 0 amide bonds. The standard InChI is InChI=1S/C17H17N3/c1-11-8-9-14(18)16-15(10-12(2)19-17(11)16)20-13-6-4-3-5-7-13/h3-10H,18H2,1-2H3,(H,19,20). The van der Waals surface area contributed by atoms with Gasteiger partial charge in [-0.15, -0.1) is 0 Å². The fourth-order valence-electron chi connectivity index (χ4n) is 2.40. The molecule has 0 bridgehead atoms. The molecule has 1 aromatic heterocycles. The average Bonchev–Trinajstić information content (AvgIpc) is 2.44. The first-order valence-electron chi connectivity index (χ1n) is 6.63. The first kappa shape index (κ1) is 12.5. The fraction of sp³-hybridized carbons (Fsp3) is 0.118. The minimum absolute atomic E-state index is 0.747. The van der Waals surface area contributed by atoms with Crippen LogP contribution in [-0.4, -0.2) is 4.98 Å². The topological polar surface area (TPSA) is 50.9 Å². The Hall–Kier alpha value is -2.55. The van der Waals surface area contributed by atoms with Gasteiger partial charge in [0.2, 0.25) is 0 Å². The third-order valence-corrected chi connectivity index (χ3v) is 3.38. The summed E-state index contributed by atoms with van der Waals surface area (Å²) in [5, 5.41) is 4.42. The van der Waals surface area contributed by atoms with Gasteiger partial charge in [0.25, 0.3) is 0 Å². The molecule has 100 valence electrons. The molecule has 0 fully saturated rings. The Morgan fingerprint density at radius 1 is 1.00 bits per heavy atom. The maximum atomic E-state index is 6.15. The van der Waals surface area contributed by atoms with Gasteiger partial charge in [-0.25, -0.2) is 0 Å². The summed E-state index contributed by atoms with van der Waals surface area (Å²) in [4.78, 5) is 4.62. The van der Waals surface area contributed by atoms with Crippen LogP contribution in [0.3, 0.4) is 0 Å². The van der Waals surface area contributed by atoms with Crippen molar-refractivity contribution in [3.8, 4) is 0 Å². The zero-order chi connectivity index (χ0) is 14.1. The molecule has 0 aliphatic heterocycles. The van der Waals surface area contributed by atoms with Gasteiger partial charge in [0, 0.05) is 22.5 Å². The van der Waals surface area contributed by atoms with Gasteiger partial charge in [-0.3, -0.25) is 4.98 Å². The highest BCUT2D eigenvalue weighted by Gasteiger charge is 2.09. The van der Waals surface area contributed by atoms with Gasteiger partial charge in [0.1, 0.15) is 0 Å². The number of benzene rings is 2. The van der Waals surface area contributed by atoms with Crippen LogP contribution in [0.1, 0.15) is 11.3 Å². The molecule has 0 atom stereocenters. The fourth-order valence-corrected chi connectivity index (χ4v) is 2.40. The number of nitrogens with zero attached hydrogens (tertiary/aromatic N) is 1. The van der Waals surface area contributed by atoms with Gasteiger partial charge in [-0.1, -0.05) is 24.3 Å². The molecule has 3 rings (SSSR count). The predicted molar refractivity (Wildman–Crippen MR) is 85.4 cm³/mol. The molecule has 3 aromatic rings. The van der Waals surface area contributed by atoms with Gasteiger partial charge in [0.05, 0.1) is 11.2 Å². The lowest BCUT2D eigenvalue weighted by atomic mass is 10.1. The van der Waals surface area contributed by atoms with Crippen LogP contribution in [0.25, 0.3) is 10.9 Å². The number of nitrogens with one attached hydrogen (secondary N) is 1. The highest BCUT2D eigenvalue weighted by molar-refractivity contribution is 6.03. The predicted octanol–water partition coefficient (Wildman–Crippen LogP) is 4.18. The zero-order valence-electron chi connectivity index (χ0n) is 11.6. The van der Waals surface area contributed by atoms with E-state index in [1.807, 2.05) is 55.5 Å². The normalized spacial score (nSPS) is 10.7. The Bertz CT molecular complexity index is 764. The van der Waals surface area contributed by atoms with Gasteiger partial charge in [-0.2, -0.15) is 0 Å². The number of aryl methyl sites for hydroxylation is 2. The molecule has 0 saturated heterocycles. The first-order chi connectivity index (χ1) is 9.65. The molecule has 3 N–H and O–H groups in total. The summed E-state index contributed by atoms with van der Waals surface area (Å²) in [7, 11) is 0. The van der Waals surface area contributed by atoms with Crippen LogP contribution in [0.2, 0.25) is 0 Å². The van der Waals surface area contributed by atoms with Gasteiger partial charge in [0.15, 0.2) is 0 Å². The highest BCUT2D eigenvalue weighted by Crippen LogP contribution is 2.32. The Balaban J connectivity index is 2.22. The van der Waals surface area contributed by atoms with Crippen molar-refractivity contribution >= 4 is 28.0 Å². The number of hydrogen-bond donors (Lipinski definition) is 2. The van der Waals surface area contributed by atoms with Crippen LogP contribution in [0.5, 0.6) is 0 Å². The molecule has 3 nitrogen and oxygen atoms in total. The number of fused-ring (bicyclic) bond motifs is 1. The lowest BCUT2D eigenvalue weighted by Gasteiger charge is -2.13. The molecular formula is C17H17N3. The van der Waals surface area contributed by atoms with E-state index in [0.29, 0.717) is 0 Å². The third kappa shape index (κ3) is 2.18. The number of nitrogens with two attached hydrogens (primary N) is 1. The minimum atomic E-state index is 0.747. The van der Waals surface area contributed by atoms with E-state index in [-0.39, 0.29) is 0 Å². The Kier molecular flexibility index (Phi) is 3.03. The molecule has 0 saturated carbocycles. The van der Waals surface area contributed by atoms with Gasteiger partial charge >= 0.3 is 0 Å². The molecule has 1 heterocycles. The van der Waals surface area contributed by atoms with Gasteiger partial charge < -0.3 is 11.1 Å². The van der Waals surface area contributed by atoms with E-state index in [9.17, 15) is 0 Å². The lowest BCUT2D eigenvalue weighted by Crippen LogP contribution is -1.99. The van der Waals surface area contributed by atoms with Crippen LogP contribution in [-0.2, 0) is 0 Å². The van der Waals surface area contributed by atoms with Crippen LogP contribution >= 0.6 is 0 Å². The number of nitrogen functional groups attached to an aromatic ring is 1. The zero-order valence-corrected chi connectivity index (χ0v) is 11.6. The molecule has 0 spiro atoms. The van der Waals surface area contributed by atoms with E-state index < -0.39 is 0 Å². The number of rotatable bonds is 2. The van der Waals surface area contributed by atoms with Crippen LogP contribution in [0, 0.1) is 13.8 Å². The highest BCUT2D eigenvalue weighted by atomic mass is 14.9. The largest absolute Gasteiger partial charge is 0.398 e. The molecular weight excluding hydrogens is 246 g/mol. The maximum Gasteiger partial charge on any atom is 0.0776 e. The molecule has 0 unspecified atom stereocenters. The molecule has 2 aromatic carbocycles. The van der Waals surface area contributed by atoms with Crippen molar-refractivity contribution in [2.24, 2.45) is 0 Å². The van der Waals surface area contributed by atoms with Crippen molar-refractivity contribution in [2.75, 3.05) is 11.1 Å². The monoisotopic (exact) mass is 263 g/mol.